The van der Waals surface area contributed by atoms with Gasteiger partial charge in [0.1, 0.15) is 0 Å². The van der Waals surface area contributed by atoms with Gasteiger partial charge in [-0.25, -0.2) is 4.98 Å². The highest BCUT2D eigenvalue weighted by atomic mass is 19.1. The number of para-hydroxylation sites is 1. The molecule has 6 heteroatoms. The zero-order valence-electron chi connectivity index (χ0n) is 9.76. The van der Waals surface area contributed by atoms with Gasteiger partial charge in [-0.3, -0.25) is 9.59 Å². The number of nitrogens with zero attached hydrogens (tertiary/aromatic N) is 1. The molecule has 1 heterocycles. The molecule has 0 radical (unpaired) electrons. The number of hydrogen-bond donors (Lipinski definition) is 2. The molecule has 1 aromatic heterocycles. The van der Waals surface area contributed by atoms with Gasteiger partial charge in [-0.15, -0.1) is 0 Å². The van der Waals surface area contributed by atoms with Crippen LogP contribution >= 0.6 is 0 Å². The Bertz CT molecular complexity index is 643. The standard InChI is InChI=1S/C13H10FN3O2/c14-11-7-8(5-6-16-11)13(19)17-10-4-2-1-3-9(10)12(15)18/h1-7H,(H2,15,18)(H,17,19). The molecule has 2 amide bonds. The number of carbonyl (C=O) groups excluding carboxylic acids is 2. The van der Waals surface area contributed by atoms with Crippen molar-refractivity contribution in [3.8, 4) is 0 Å². The lowest BCUT2D eigenvalue weighted by Gasteiger charge is -2.08. The highest BCUT2D eigenvalue weighted by Crippen LogP contribution is 2.15. The molecule has 0 fully saturated rings. The average molecular weight is 259 g/mol. The molecular weight excluding hydrogens is 249 g/mol. The summed E-state index contributed by atoms with van der Waals surface area (Å²) in [4.78, 5) is 26.4. The fraction of sp³-hybridized carbons (Fsp3) is 0. The summed E-state index contributed by atoms with van der Waals surface area (Å²) in [7, 11) is 0. The number of nitrogens with two attached hydrogens (primary N) is 1. The first-order valence-corrected chi connectivity index (χ1v) is 5.39. The van der Waals surface area contributed by atoms with Crippen LogP contribution in [0.5, 0.6) is 0 Å². The van der Waals surface area contributed by atoms with Crippen LogP contribution in [0, 0.1) is 5.95 Å². The number of rotatable bonds is 3. The third kappa shape index (κ3) is 2.92. The van der Waals surface area contributed by atoms with Gasteiger partial charge in [0.25, 0.3) is 11.8 Å². The van der Waals surface area contributed by atoms with Crippen molar-refractivity contribution in [2.75, 3.05) is 5.32 Å². The van der Waals surface area contributed by atoms with Gasteiger partial charge in [-0.2, -0.15) is 4.39 Å². The van der Waals surface area contributed by atoms with Crippen molar-refractivity contribution in [3.05, 3.63) is 59.7 Å². The second-order valence-electron chi connectivity index (χ2n) is 3.73. The Labute approximate surface area is 108 Å². The van der Waals surface area contributed by atoms with Gasteiger partial charge in [-0.1, -0.05) is 12.1 Å². The van der Waals surface area contributed by atoms with E-state index in [1.807, 2.05) is 0 Å². The minimum absolute atomic E-state index is 0.103. The van der Waals surface area contributed by atoms with Crippen molar-refractivity contribution in [1.82, 2.24) is 4.98 Å². The molecule has 2 aromatic rings. The normalized spacial score (nSPS) is 9.95. The van der Waals surface area contributed by atoms with Gasteiger partial charge in [0, 0.05) is 17.8 Å². The maximum Gasteiger partial charge on any atom is 0.255 e. The Morgan fingerprint density at radius 2 is 1.95 bits per heavy atom. The second-order valence-corrected chi connectivity index (χ2v) is 3.73. The second kappa shape index (κ2) is 5.26. The first-order chi connectivity index (χ1) is 9.08. The summed E-state index contributed by atoms with van der Waals surface area (Å²) in [6.07, 6.45) is 1.18. The van der Waals surface area contributed by atoms with Crippen molar-refractivity contribution in [3.63, 3.8) is 0 Å². The Kier molecular flexibility index (Phi) is 3.51. The van der Waals surface area contributed by atoms with E-state index in [9.17, 15) is 14.0 Å². The van der Waals surface area contributed by atoms with Crippen LogP contribution in [0.1, 0.15) is 20.7 Å². The fourth-order valence-electron chi connectivity index (χ4n) is 1.55. The predicted octanol–water partition coefficient (Wildman–Crippen LogP) is 1.57. The molecule has 0 aliphatic rings. The van der Waals surface area contributed by atoms with Gasteiger partial charge in [0.15, 0.2) is 0 Å². The third-order valence-corrected chi connectivity index (χ3v) is 2.43. The molecule has 0 aliphatic heterocycles. The Balaban J connectivity index is 2.27. The Hall–Kier alpha value is -2.76. The summed E-state index contributed by atoms with van der Waals surface area (Å²) in [5, 5.41) is 2.50. The van der Waals surface area contributed by atoms with E-state index in [4.69, 9.17) is 5.73 Å². The fourth-order valence-corrected chi connectivity index (χ4v) is 1.55. The monoisotopic (exact) mass is 259 g/mol. The molecule has 0 bridgehead atoms. The van der Waals surface area contributed by atoms with Gasteiger partial charge in [0.2, 0.25) is 5.95 Å². The third-order valence-electron chi connectivity index (χ3n) is 2.43. The van der Waals surface area contributed by atoms with E-state index in [0.29, 0.717) is 0 Å². The summed E-state index contributed by atoms with van der Waals surface area (Å²) >= 11 is 0. The molecule has 0 atom stereocenters. The number of benzene rings is 1. The van der Waals surface area contributed by atoms with Gasteiger partial charge >= 0.3 is 0 Å². The SMILES string of the molecule is NC(=O)c1ccccc1NC(=O)c1ccnc(F)c1. The van der Waals surface area contributed by atoms with Crippen LogP contribution in [0.2, 0.25) is 0 Å². The quantitative estimate of drug-likeness (QED) is 0.820. The highest BCUT2D eigenvalue weighted by Gasteiger charge is 2.12. The topological polar surface area (TPSA) is 85.1 Å². The van der Waals surface area contributed by atoms with Crippen molar-refractivity contribution < 1.29 is 14.0 Å². The number of anilines is 1. The smallest absolute Gasteiger partial charge is 0.255 e. The number of hydrogen-bond acceptors (Lipinski definition) is 3. The summed E-state index contributed by atoms with van der Waals surface area (Å²) in [6.45, 7) is 0. The van der Waals surface area contributed by atoms with E-state index in [1.54, 1.807) is 12.1 Å². The van der Waals surface area contributed by atoms with E-state index in [0.717, 1.165) is 6.07 Å². The molecule has 0 spiro atoms. The van der Waals surface area contributed by atoms with Crippen LogP contribution < -0.4 is 11.1 Å². The Morgan fingerprint density at radius 1 is 1.21 bits per heavy atom. The first kappa shape index (κ1) is 12.7. The molecule has 96 valence electrons. The van der Waals surface area contributed by atoms with E-state index in [-0.39, 0.29) is 16.8 Å². The molecule has 19 heavy (non-hydrogen) atoms. The van der Waals surface area contributed by atoms with E-state index >= 15 is 0 Å². The summed E-state index contributed by atoms with van der Waals surface area (Å²) < 4.78 is 12.9. The molecule has 0 unspecified atom stereocenters. The average Bonchev–Trinajstić information content (AvgIpc) is 2.39. The molecule has 1 aromatic carbocycles. The Morgan fingerprint density at radius 3 is 2.63 bits per heavy atom. The zero-order valence-corrected chi connectivity index (χ0v) is 9.76. The maximum atomic E-state index is 12.9. The van der Waals surface area contributed by atoms with Gasteiger partial charge in [-0.05, 0) is 18.2 Å². The van der Waals surface area contributed by atoms with Crippen molar-refractivity contribution in [2.45, 2.75) is 0 Å². The number of amides is 2. The summed E-state index contributed by atoms with van der Waals surface area (Å²) in [6, 6.07) is 8.67. The van der Waals surface area contributed by atoms with Crippen LogP contribution in [-0.2, 0) is 0 Å². The zero-order chi connectivity index (χ0) is 13.8. The van der Waals surface area contributed by atoms with E-state index in [2.05, 4.69) is 10.3 Å². The lowest BCUT2D eigenvalue weighted by atomic mass is 10.1. The summed E-state index contributed by atoms with van der Waals surface area (Å²) in [5.74, 6) is -1.96. The van der Waals surface area contributed by atoms with Crippen molar-refractivity contribution in [2.24, 2.45) is 5.73 Å². The lowest BCUT2D eigenvalue weighted by Crippen LogP contribution is -2.18. The van der Waals surface area contributed by atoms with Gasteiger partial charge < -0.3 is 11.1 Å². The molecule has 3 N–H and O–H groups in total. The molecule has 5 nitrogen and oxygen atoms in total. The number of pyridine rings is 1. The van der Waals surface area contributed by atoms with E-state index in [1.165, 1.54) is 24.4 Å². The van der Waals surface area contributed by atoms with Crippen molar-refractivity contribution >= 4 is 17.5 Å². The van der Waals surface area contributed by atoms with Crippen LogP contribution in [0.25, 0.3) is 0 Å². The number of halogens is 1. The van der Waals surface area contributed by atoms with Gasteiger partial charge in [0.05, 0.1) is 11.3 Å². The molecule has 0 aliphatic carbocycles. The summed E-state index contributed by atoms with van der Waals surface area (Å²) in [5.41, 5.74) is 5.76. The van der Waals surface area contributed by atoms with Crippen molar-refractivity contribution in [1.29, 1.82) is 0 Å². The highest BCUT2D eigenvalue weighted by molar-refractivity contribution is 6.08. The number of primary amides is 1. The maximum absolute atomic E-state index is 12.9. The van der Waals surface area contributed by atoms with Crippen LogP contribution in [0.4, 0.5) is 10.1 Å². The minimum atomic E-state index is -0.754. The minimum Gasteiger partial charge on any atom is -0.366 e. The largest absolute Gasteiger partial charge is 0.366 e. The van der Waals surface area contributed by atoms with Crippen LogP contribution in [-0.4, -0.2) is 16.8 Å². The number of carbonyl (C=O) groups is 2. The van der Waals surface area contributed by atoms with Crippen LogP contribution in [0.15, 0.2) is 42.6 Å². The van der Waals surface area contributed by atoms with Crippen LogP contribution in [0.3, 0.4) is 0 Å². The first-order valence-electron chi connectivity index (χ1n) is 5.39. The van der Waals surface area contributed by atoms with E-state index < -0.39 is 17.8 Å². The molecule has 0 saturated carbocycles. The molecule has 2 rings (SSSR count). The lowest BCUT2D eigenvalue weighted by molar-refractivity contribution is 0.100. The number of aromatic nitrogens is 1. The number of nitrogens with one attached hydrogen (secondary N) is 1. The molecular formula is C13H10FN3O2. The molecule has 0 saturated heterocycles. The predicted molar refractivity (Wildman–Crippen MR) is 67.1 cm³/mol.